The Bertz CT molecular complexity index is 2090. The van der Waals surface area contributed by atoms with Gasteiger partial charge in [-0.1, -0.05) is 36.4 Å². The van der Waals surface area contributed by atoms with Crippen LogP contribution in [-0.2, 0) is 34.0 Å². The lowest BCUT2D eigenvalue weighted by Crippen LogP contribution is -2.45. The molecule has 0 radical (unpaired) electrons. The first-order valence-electron chi connectivity index (χ1n) is 29.9. The first kappa shape index (κ1) is 65.2. The third-order valence-electron chi connectivity index (χ3n) is 15.4. The Morgan fingerprint density at radius 2 is 0.585 bits per heavy atom. The summed E-state index contributed by atoms with van der Waals surface area (Å²) in [6, 6.07) is 22.1. The molecule has 0 spiro atoms. The summed E-state index contributed by atoms with van der Waals surface area (Å²) in [5.41, 5.74) is 4.31. The Morgan fingerprint density at radius 3 is 0.805 bits per heavy atom. The van der Waals surface area contributed by atoms with Gasteiger partial charge in [-0.15, -0.1) is 0 Å². The molecule has 0 bridgehead atoms. The highest BCUT2D eigenvalue weighted by molar-refractivity contribution is 5.95. The van der Waals surface area contributed by atoms with Gasteiger partial charge in [-0.05, 0) is 53.1 Å². The van der Waals surface area contributed by atoms with Crippen molar-refractivity contribution in [3.8, 4) is 0 Å². The zero-order valence-corrected chi connectivity index (χ0v) is 49.3. The molecule has 22 nitrogen and oxygen atoms in total. The molecule has 0 atom stereocenters. The van der Waals surface area contributed by atoms with E-state index in [0.717, 1.165) is 154 Å². The fourth-order valence-corrected chi connectivity index (χ4v) is 10.1. The van der Waals surface area contributed by atoms with Crippen molar-refractivity contribution in [1.82, 2.24) is 82.2 Å². The first-order valence-corrected chi connectivity index (χ1v) is 29.9. The van der Waals surface area contributed by atoms with Gasteiger partial charge in [0.05, 0.1) is 0 Å². The Balaban J connectivity index is 1.05. The van der Waals surface area contributed by atoms with E-state index in [2.05, 4.69) is 67.5 Å². The van der Waals surface area contributed by atoms with E-state index in [0.29, 0.717) is 95.2 Å². The zero-order valence-electron chi connectivity index (χ0n) is 49.3. The monoisotopic (exact) mass is 1140 g/mol. The summed E-state index contributed by atoms with van der Waals surface area (Å²) in [7, 11) is 0. The Hall–Kier alpha value is -5.92. The highest BCUT2D eigenvalue weighted by Crippen LogP contribution is 2.13. The lowest BCUT2D eigenvalue weighted by atomic mass is 10.1. The van der Waals surface area contributed by atoms with Gasteiger partial charge in [0.2, 0.25) is 17.7 Å². The Kier molecular flexibility index (Phi) is 29.7. The number of hydrogen-bond donors (Lipinski definition) is 9. The third kappa shape index (κ3) is 24.9. The molecule has 3 aromatic rings. The van der Waals surface area contributed by atoms with Crippen LogP contribution in [0.2, 0.25) is 0 Å². The number of carbonyl (C=O) groups excluding carboxylic acids is 6. The van der Waals surface area contributed by atoms with Crippen molar-refractivity contribution in [2.45, 2.75) is 40.4 Å². The van der Waals surface area contributed by atoms with Crippen LogP contribution in [-0.4, -0.2) is 266 Å². The Morgan fingerprint density at radius 1 is 0.354 bits per heavy atom. The molecule has 3 aliphatic rings. The predicted molar refractivity (Wildman–Crippen MR) is 323 cm³/mol. The quantitative estimate of drug-likeness (QED) is 0.0451. The number of nitrogens with one attached hydrogen (secondary N) is 9. The van der Waals surface area contributed by atoms with E-state index in [1.54, 1.807) is 71.9 Å². The van der Waals surface area contributed by atoms with Crippen molar-refractivity contribution in [2.24, 2.45) is 0 Å². The third-order valence-corrected chi connectivity index (χ3v) is 15.4. The van der Waals surface area contributed by atoms with Gasteiger partial charge in [-0.25, -0.2) is 0 Å². The number of amides is 6. The van der Waals surface area contributed by atoms with Crippen molar-refractivity contribution in [2.75, 3.05) is 196 Å². The van der Waals surface area contributed by atoms with E-state index in [-0.39, 0.29) is 35.4 Å². The molecule has 3 aromatic carbocycles. The molecule has 3 aliphatic heterocycles. The second-order valence-corrected chi connectivity index (χ2v) is 21.5. The lowest BCUT2D eigenvalue weighted by Gasteiger charge is -2.31. The van der Waals surface area contributed by atoms with E-state index in [1.807, 2.05) is 36.4 Å². The molecule has 452 valence electrons. The van der Waals surface area contributed by atoms with Gasteiger partial charge in [0.25, 0.3) is 17.7 Å². The van der Waals surface area contributed by atoms with Crippen molar-refractivity contribution in [3.05, 3.63) is 106 Å². The molecule has 0 saturated carbocycles. The molecule has 6 amide bonds. The van der Waals surface area contributed by atoms with Crippen LogP contribution in [0.25, 0.3) is 0 Å². The summed E-state index contributed by atoms with van der Waals surface area (Å²) in [5, 5.41) is 29.7. The van der Waals surface area contributed by atoms with Gasteiger partial charge < -0.3 is 62.6 Å². The first-order chi connectivity index (χ1) is 39.9. The maximum Gasteiger partial charge on any atom is 0.251 e. The topological polar surface area (TPSA) is 233 Å². The molecule has 0 aliphatic carbocycles. The van der Waals surface area contributed by atoms with Crippen molar-refractivity contribution in [1.29, 1.82) is 0 Å². The highest BCUT2D eigenvalue weighted by Gasteiger charge is 2.20. The molecule has 3 heterocycles. The van der Waals surface area contributed by atoms with E-state index in [4.69, 9.17) is 0 Å². The maximum absolute atomic E-state index is 13.3. The van der Waals surface area contributed by atoms with E-state index < -0.39 is 0 Å². The minimum Gasteiger partial charge on any atom is -0.351 e. The summed E-state index contributed by atoms with van der Waals surface area (Å²) in [6.07, 6.45) is 0. The molecule has 0 aromatic heterocycles. The average molecular weight is 1140 g/mol. The van der Waals surface area contributed by atoms with Crippen LogP contribution in [0.15, 0.2) is 72.8 Å². The second kappa shape index (κ2) is 37.3. The summed E-state index contributed by atoms with van der Waals surface area (Å²) in [5.74, 6) is -0.734. The van der Waals surface area contributed by atoms with Crippen molar-refractivity contribution in [3.63, 3.8) is 0 Å². The van der Waals surface area contributed by atoms with Crippen LogP contribution >= 0.6 is 0 Å². The van der Waals surface area contributed by atoms with Crippen molar-refractivity contribution < 1.29 is 28.8 Å². The number of benzene rings is 3. The van der Waals surface area contributed by atoms with Crippen LogP contribution in [0.1, 0.15) is 68.5 Å². The SMILES string of the molecule is CC(=O)N(CCN(CCN(Cc1ccc(C(=O)NCCN2CCNCCNCC2)cc1)C(C)=O)CCN(Cc1ccc(C(=O)NCCN2CCNCCNCC2)cc1)C(C)=O)Cc1ccc(C(=O)NCCN2CCNCCNCC2)cc1. The standard InChI is InChI=1S/C60H96N16O6/c1-49(77)74(46-52-4-10-55(11-5-52)58(80)67-28-37-70-31-22-61-16-17-62-23-32-70)43-40-73(41-44-75(50(2)78)47-53-6-12-56(13-7-53)59(81)68-29-38-71-33-24-63-18-19-64-25-34-71)42-45-76(51(3)79)48-54-8-14-57(15-9-54)60(82)69-30-39-72-35-26-65-20-21-66-27-36-72/h4-15,61-66H,16-48H2,1-3H3,(H,67,80)(H,68,81)(H,69,82). The number of rotatable bonds is 27. The van der Waals surface area contributed by atoms with Crippen LogP contribution in [0.3, 0.4) is 0 Å². The second-order valence-electron chi connectivity index (χ2n) is 21.5. The number of hydrogen-bond acceptors (Lipinski definition) is 16. The van der Waals surface area contributed by atoms with Crippen molar-refractivity contribution >= 4 is 35.4 Å². The molecule has 22 heteroatoms. The normalized spacial score (nSPS) is 16.5. The highest BCUT2D eigenvalue weighted by atomic mass is 16.2. The predicted octanol–water partition coefficient (Wildman–Crippen LogP) is -0.892. The maximum atomic E-state index is 13.3. The molecule has 6 rings (SSSR count). The fraction of sp³-hybridized carbons (Fsp3) is 0.600. The minimum atomic E-state index is -0.142. The summed E-state index contributed by atoms with van der Waals surface area (Å²) in [6.45, 7) is 28.8. The van der Waals surface area contributed by atoms with E-state index in [9.17, 15) is 28.8 Å². The molecular weight excluding hydrogens is 1040 g/mol. The van der Waals surface area contributed by atoms with Gasteiger partial charge in [-0.2, -0.15) is 0 Å². The Labute approximate surface area is 487 Å². The van der Waals surface area contributed by atoms with Crippen LogP contribution in [0.4, 0.5) is 0 Å². The lowest BCUT2D eigenvalue weighted by molar-refractivity contribution is -0.129. The van der Waals surface area contributed by atoms with Crippen LogP contribution in [0, 0.1) is 0 Å². The van der Waals surface area contributed by atoms with Gasteiger partial charge >= 0.3 is 0 Å². The summed E-state index contributed by atoms with van der Waals surface area (Å²) in [4.78, 5) is 93.7. The van der Waals surface area contributed by atoms with Gasteiger partial charge in [0, 0.05) is 253 Å². The number of nitrogens with zero attached hydrogens (tertiary/aromatic N) is 7. The van der Waals surface area contributed by atoms with Crippen LogP contribution < -0.4 is 47.9 Å². The largest absolute Gasteiger partial charge is 0.351 e. The van der Waals surface area contributed by atoms with E-state index >= 15 is 0 Å². The molecule has 3 saturated heterocycles. The van der Waals surface area contributed by atoms with Gasteiger partial charge in [0.15, 0.2) is 0 Å². The zero-order chi connectivity index (χ0) is 58.2. The summed E-state index contributed by atoms with van der Waals surface area (Å²) < 4.78 is 0. The fourth-order valence-electron chi connectivity index (χ4n) is 10.1. The average Bonchev–Trinajstić information content (AvgIpc) is 3.79. The number of carbonyl (C=O) groups is 6. The smallest absolute Gasteiger partial charge is 0.251 e. The molecule has 3 fully saturated rings. The summed E-state index contributed by atoms with van der Waals surface area (Å²) >= 11 is 0. The van der Waals surface area contributed by atoms with Gasteiger partial charge in [-0.3, -0.25) is 48.4 Å². The minimum absolute atomic E-state index is 0.103. The molecule has 0 unspecified atom stereocenters. The molecule has 9 N–H and O–H groups in total. The van der Waals surface area contributed by atoms with E-state index in [1.165, 1.54) is 0 Å². The van der Waals surface area contributed by atoms with Crippen LogP contribution in [0.5, 0.6) is 0 Å². The molecule has 82 heavy (non-hydrogen) atoms. The molecular formula is C60H96N16O6. The van der Waals surface area contributed by atoms with Gasteiger partial charge in [0.1, 0.15) is 0 Å².